The van der Waals surface area contributed by atoms with Crippen LogP contribution in [0.25, 0.3) is 0 Å². The van der Waals surface area contributed by atoms with Crippen LogP contribution in [0.3, 0.4) is 0 Å². The van der Waals surface area contributed by atoms with Crippen molar-refractivity contribution in [3.63, 3.8) is 0 Å². The van der Waals surface area contributed by atoms with Crippen LogP contribution in [0, 0.1) is 6.92 Å². The molecule has 0 spiro atoms. The molecule has 2 N–H and O–H groups in total. The average molecular weight is 283 g/mol. The summed E-state index contributed by atoms with van der Waals surface area (Å²) in [5, 5.41) is 0. The number of likely N-dealkylation sites (tertiary alicyclic amines) is 1. The summed E-state index contributed by atoms with van der Waals surface area (Å²) in [7, 11) is 0. The fraction of sp³-hybridized carbons (Fsp3) is 0.417. The summed E-state index contributed by atoms with van der Waals surface area (Å²) in [6.45, 7) is 3.42. The van der Waals surface area contributed by atoms with Crippen molar-refractivity contribution in [3.8, 4) is 0 Å². The number of hydrogen-bond acceptors (Lipinski definition) is 2. The van der Waals surface area contributed by atoms with Gasteiger partial charge in [0.05, 0.1) is 5.56 Å². The van der Waals surface area contributed by atoms with Gasteiger partial charge in [-0.1, -0.05) is 11.6 Å². The Hall–Kier alpha value is -0.870. The van der Waals surface area contributed by atoms with Crippen LogP contribution >= 0.6 is 15.9 Å². The van der Waals surface area contributed by atoms with E-state index in [1.807, 2.05) is 30.0 Å². The average Bonchev–Trinajstić information content (AvgIpc) is 2.67. The molecule has 1 aromatic rings. The van der Waals surface area contributed by atoms with E-state index in [1.54, 1.807) is 0 Å². The lowest BCUT2D eigenvalue weighted by Gasteiger charge is -2.17. The predicted molar refractivity (Wildman–Crippen MR) is 67.4 cm³/mol. The van der Waals surface area contributed by atoms with Gasteiger partial charge in [-0.25, -0.2) is 0 Å². The molecular formula is C12H15BrN2O. The zero-order valence-corrected chi connectivity index (χ0v) is 10.8. The molecule has 4 heteroatoms. The zero-order chi connectivity index (χ0) is 11.7. The molecule has 1 aliphatic rings. The van der Waals surface area contributed by atoms with Crippen LogP contribution in [0.4, 0.5) is 0 Å². The Bertz CT molecular complexity index is 419. The molecule has 1 amide bonds. The molecule has 0 bridgehead atoms. The highest BCUT2D eigenvalue weighted by atomic mass is 79.9. The highest BCUT2D eigenvalue weighted by Crippen LogP contribution is 2.21. The van der Waals surface area contributed by atoms with Crippen LogP contribution in [0.15, 0.2) is 22.7 Å². The third kappa shape index (κ3) is 2.28. The summed E-state index contributed by atoms with van der Waals surface area (Å²) in [5.74, 6) is 0.0727. The van der Waals surface area contributed by atoms with Crippen molar-refractivity contribution in [1.82, 2.24) is 4.90 Å². The molecule has 0 radical (unpaired) electrons. The van der Waals surface area contributed by atoms with E-state index in [0.717, 1.165) is 28.6 Å². The first-order valence-corrected chi connectivity index (χ1v) is 6.18. The fourth-order valence-electron chi connectivity index (χ4n) is 1.95. The first-order chi connectivity index (χ1) is 7.58. The quantitative estimate of drug-likeness (QED) is 0.856. The van der Waals surface area contributed by atoms with Gasteiger partial charge in [0.25, 0.3) is 5.91 Å². The third-order valence-electron chi connectivity index (χ3n) is 2.86. The maximum Gasteiger partial charge on any atom is 0.255 e. The van der Waals surface area contributed by atoms with Gasteiger partial charge in [0.15, 0.2) is 0 Å². The molecule has 1 heterocycles. The normalized spacial score (nSPS) is 20.2. The summed E-state index contributed by atoms with van der Waals surface area (Å²) in [6.07, 6.45) is 0.898. The van der Waals surface area contributed by atoms with Crippen LogP contribution in [-0.2, 0) is 0 Å². The van der Waals surface area contributed by atoms with E-state index in [2.05, 4.69) is 15.9 Å². The smallest absolute Gasteiger partial charge is 0.255 e. The summed E-state index contributed by atoms with van der Waals surface area (Å²) < 4.78 is 0.851. The number of nitrogens with two attached hydrogens (primary N) is 1. The zero-order valence-electron chi connectivity index (χ0n) is 9.24. The minimum atomic E-state index is 0.0727. The van der Waals surface area contributed by atoms with Gasteiger partial charge >= 0.3 is 0 Å². The van der Waals surface area contributed by atoms with Crippen LogP contribution in [-0.4, -0.2) is 29.9 Å². The Morgan fingerprint density at radius 1 is 1.56 bits per heavy atom. The van der Waals surface area contributed by atoms with Crippen molar-refractivity contribution in [3.05, 3.63) is 33.8 Å². The second-order valence-electron chi connectivity index (χ2n) is 4.28. The monoisotopic (exact) mass is 282 g/mol. The molecule has 1 fully saturated rings. The Morgan fingerprint density at radius 2 is 2.31 bits per heavy atom. The van der Waals surface area contributed by atoms with Gasteiger partial charge < -0.3 is 10.6 Å². The summed E-state index contributed by atoms with van der Waals surface area (Å²) in [4.78, 5) is 14.0. The lowest BCUT2D eigenvalue weighted by molar-refractivity contribution is 0.0790. The number of hydrogen-bond donors (Lipinski definition) is 1. The van der Waals surface area contributed by atoms with E-state index in [1.165, 1.54) is 0 Å². The Morgan fingerprint density at radius 3 is 2.94 bits per heavy atom. The van der Waals surface area contributed by atoms with E-state index in [-0.39, 0.29) is 11.9 Å². The Kier molecular flexibility index (Phi) is 3.30. The second kappa shape index (κ2) is 4.55. The summed E-state index contributed by atoms with van der Waals surface area (Å²) in [6, 6.07) is 5.94. The maximum atomic E-state index is 12.2. The molecule has 0 aromatic heterocycles. The highest BCUT2D eigenvalue weighted by molar-refractivity contribution is 9.10. The van der Waals surface area contributed by atoms with Gasteiger partial charge in [-0.15, -0.1) is 0 Å². The molecular weight excluding hydrogens is 268 g/mol. The number of benzene rings is 1. The maximum absolute atomic E-state index is 12.2. The number of aryl methyl sites for hydroxylation is 1. The molecule has 1 aliphatic heterocycles. The number of nitrogens with zero attached hydrogens (tertiary/aromatic N) is 1. The third-order valence-corrected chi connectivity index (χ3v) is 3.56. The van der Waals surface area contributed by atoms with Crippen molar-refractivity contribution < 1.29 is 4.79 Å². The lowest BCUT2D eigenvalue weighted by atomic mass is 10.1. The number of halogens is 1. The Labute approximate surface area is 104 Å². The molecule has 0 aliphatic carbocycles. The minimum absolute atomic E-state index is 0.0727. The van der Waals surface area contributed by atoms with Gasteiger partial charge in [-0.3, -0.25) is 4.79 Å². The summed E-state index contributed by atoms with van der Waals surface area (Å²) >= 11 is 3.41. The number of carbonyl (C=O) groups is 1. The summed E-state index contributed by atoms with van der Waals surface area (Å²) in [5.41, 5.74) is 7.63. The van der Waals surface area contributed by atoms with E-state index >= 15 is 0 Å². The molecule has 0 unspecified atom stereocenters. The highest BCUT2D eigenvalue weighted by Gasteiger charge is 2.25. The molecule has 0 saturated carbocycles. The van der Waals surface area contributed by atoms with Crippen molar-refractivity contribution in [2.45, 2.75) is 19.4 Å². The number of amides is 1. The molecule has 16 heavy (non-hydrogen) atoms. The molecule has 1 saturated heterocycles. The van der Waals surface area contributed by atoms with E-state index < -0.39 is 0 Å². The lowest BCUT2D eigenvalue weighted by Crippen LogP contribution is -2.32. The van der Waals surface area contributed by atoms with Crippen LogP contribution in [0.2, 0.25) is 0 Å². The van der Waals surface area contributed by atoms with Gasteiger partial charge in [0.1, 0.15) is 0 Å². The predicted octanol–water partition coefficient (Wildman–Crippen LogP) is 1.93. The first kappa shape index (κ1) is 11.6. The Balaban J connectivity index is 2.23. The molecule has 3 nitrogen and oxygen atoms in total. The van der Waals surface area contributed by atoms with Crippen molar-refractivity contribution in [1.29, 1.82) is 0 Å². The second-order valence-corrected chi connectivity index (χ2v) is 5.14. The van der Waals surface area contributed by atoms with E-state index in [4.69, 9.17) is 5.73 Å². The van der Waals surface area contributed by atoms with Crippen LogP contribution < -0.4 is 5.73 Å². The largest absolute Gasteiger partial charge is 0.337 e. The molecule has 1 atom stereocenters. The van der Waals surface area contributed by atoms with Gasteiger partial charge in [0, 0.05) is 23.6 Å². The van der Waals surface area contributed by atoms with Crippen molar-refractivity contribution >= 4 is 21.8 Å². The van der Waals surface area contributed by atoms with Gasteiger partial charge in [0.2, 0.25) is 0 Å². The van der Waals surface area contributed by atoms with E-state index in [9.17, 15) is 4.79 Å². The fourth-order valence-corrected chi connectivity index (χ4v) is 2.36. The number of carbonyl (C=O) groups excluding carboxylic acids is 1. The standard InChI is InChI=1S/C12H15BrN2O/c1-8-2-3-11(13)10(6-8)12(16)15-5-4-9(14)7-15/h2-3,6,9H,4-5,7,14H2,1H3/t9-/m0/s1. The molecule has 2 rings (SSSR count). The van der Waals surface area contributed by atoms with Crippen LogP contribution in [0.5, 0.6) is 0 Å². The van der Waals surface area contributed by atoms with Crippen molar-refractivity contribution in [2.75, 3.05) is 13.1 Å². The van der Waals surface area contributed by atoms with Gasteiger partial charge in [-0.05, 0) is 41.4 Å². The molecule has 86 valence electrons. The molecule has 1 aromatic carbocycles. The SMILES string of the molecule is Cc1ccc(Br)c(C(=O)N2CC[C@H](N)C2)c1. The van der Waals surface area contributed by atoms with E-state index in [0.29, 0.717) is 6.54 Å². The number of rotatable bonds is 1. The minimum Gasteiger partial charge on any atom is -0.337 e. The van der Waals surface area contributed by atoms with Crippen molar-refractivity contribution in [2.24, 2.45) is 5.73 Å². The topological polar surface area (TPSA) is 46.3 Å². The van der Waals surface area contributed by atoms with Gasteiger partial charge in [-0.2, -0.15) is 0 Å². The van der Waals surface area contributed by atoms with Crippen LogP contribution in [0.1, 0.15) is 22.3 Å². The first-order valence-electron chi connectivity index (χ1n) is 5.39.